The summed E-state index contributed by atoms with van der Waals surface area (Å²) in [7, 11) is 0. The fourth-order valence-electron chi connectivity index (χ4n) is 9.23. The molecule has 22 heterocycles. The molecule has 21 aromatic rings. The Labute approximate surface area is 556 Å². The van der Waals surface area contributed by atoms with Gasteiger partial charge in [0.1, 0.15) is 24.6 Å². The van der Waals surface area contributed by atoms with Gasteiger partial charge in [-0.05, 0) is 122 Å². The molecule has 29 nitrogen and oxygen atoms in total. The lowest BCUT2D eigenvalue weighted by molar-refractivity contribution is 0.750. The minimum Gasteiger partial charge on any atom is -0.351 e. The third-order valence-electron chi connectivity index (χ3n) is 13.9. The zero-order valence-electron chi connectivity index (χ0n) is 52.3. The zero-order valence-corrected chi connectivity index (χ0v) is 52.3. The van der Waals surface area contributed by atoms with Crippen LogP contribution in [0.15, 0.2) is 332 Å². The summed E-state index contributed by atoms with van der Waals surface area (Å²) in [6.45, 7) is 1.24. The van der Waals surface area contributed by atoms with Crippen LogP contribution in [0.5, 0.6) is 0 Å². The van der Waals surface area contributed by atoms with Crippen LogP contribution in [0.2, 0.25) is 0 Å². The first-order valence-electron chi connectivity index (χ1n) is 30.4. The predicted molar refractivity (Wildman–Crippen MR) is 368 cm³/mol. The molecule has 29 heteroatoms. The third-order valence-corrected chi connectivity index (χ3v) is 13.9. The Balaban J connectivity index is 0.000000103. The summed E-state index contributed by atoms with van der Waals surface area (Å²) < 4.78 is 18.7. The van der Waals surface area contributed by atoms with E-state index in [-0.39, 0.29) is 0 Å². The highest BCUT2D eigenvalue weighted by atomic mass is 15.3. The Kier molecular flexibility index (Phi) is 22.0. The second-order valence-electron chi connectivity index (χ2n) is 20.3. The Morgan fingerprint density at radius 3 is 1.63 bits per heavy atom. The Hall–Kier alpha value is -14.4. The van der Waals surface area contributed by atoms with E-state index >= 15 is 0 Å². The van der Waals surface area contributed by atoms with Crippen LogP contribution >= 0.6 is 0 Å². The molecule has 0 fully saturated rings. The first-order chi connectivity index (χ1) is 48.6. The molecule has 482 valence electrons. The van der Waals surface area contributed by atoms with Crippen molar-refractivity contribution in [1.82, 2.24) is 140 Å². The van der Waals surface area contributed by atoms with Crippen LogP contribution in [0.3, 0.4) is 0 Å². The van der Waals surface area contributed by atoms with Crippen molar-refractivity contribution < 1.29 is 0 Å². The highest BCUT2D eigenvalue weighted by molar-refractivity contribution is 5.72. The van der Waals surface area contributed by atoms with E-state index in [0.717, 1.165) is 61.6 Å². The summed E-state index contributed by atoms with van der Waals surface area (Å²) in [6, 6.07) is 43.0. The van der Waals surface area contributed by atoms with Crippen LogP contribution in [-0.2, 0) is 13.0 Å². The van der Waals surface area contributed by atoms with Gasteiger partial charge >= 0.3 is 0 Å². The maximum Gasteiger partial charge on any atom is 0.160 e. The molecule has 1 aliphatic heterocycles. The molecule has 1 N–H and O–H groups in total. The predicted octanol–water partition coefficient (Wildman–Crippen LogP) is 10.2. The summed E-state index contributed by atoms with van der Waals surface area (Å²) in [5, 5.41) is 27.5. The first-order valence-corrected chi connectivity index (χ1v) is 30.4. The highest BCUT2D eigenvalue weighted by Gasteiger charge is 2.06. The fraction of sp³-hybridized carbons (Fsp3) is 0.0435. The smallest absolute Gasteiger partial charge is 0.160 e. The quantitative estimate of drug-likeness (QED) is 0.148. The number of pyridine rings is 4. The molecule has 98 heavy (non-hydrogen) atoms. The van der Waals surface area contributed by atoms with Crippen LogP contribution in [0.1, 0.15) is 12.1 Å². The molecule has 0 spiro atoms. The Morgan fingerprint density at radius 1 is 0.316 bits per heavy atom. The molecular formula is C69H61N29. The van der Waals surface area contributed by atoms with Crippen molar-refractivity contribution in [2.24, 2.45) is 0 Å². The second kappa shape index (κ2) is 33.8. The van der Waals surface area contributed by atoms with Crippen LogP contribution in [0, 0.1) is 0 Å². The van der Waals surface area contributed by atoms with Crippen molar-refractivity contribution in [1.29, 1.82) is 0 Å². The highest BCUT2D eigenvalue weighted by Crippen LogP contribution is 2.13. The largest absolute Gasteiger partial charge is 0.351 e. The van der Waals surface area contributed by atoms with Gasteiger partial charge in [-0.15, -0.1) is 10.2 Å². The average molecular weight is 1300 g/mol. The van der Waals surface area contributed by atoms with Crippen LogP contribution in [-0.4, -0.2) is 140 Å². The number of imidazole rings is 5. The van der Waals surface area contributed by atoms with Crippen molar-refractivity contribution >= 4 is 61.6 Å². The molecule has 1 aliphatic rings. The number of aromatic amines is 1. The number of H-pyrrole nitrogens is 1. The molecular weight excluding hydrogens is 1230 g/mol. The summed E-state index contributed by atoms with van der Waals surface area (Å²) >= 11 is 0. The van der Waals surface area contributed by atoms with Crippen LogP contribution < -0.4 is 0 Å². The summed E-state index contributed by atoms with van der Waals surface area (Å²) in [5.74, 6) is 0. The molecule has 22 rings (SSSR count). The third kappa shape index (κ3) is 18.0. The van der Waals surface area contributed by atoms with E-state index in [1.165, 1.54) is 31.4 Å². The topological polar surface area (TPSA) is 292 Å². The van der Waals surface area contributed by atoms with Gasteiger partial charge < -0.3 is 18.4 Å². The molecule has 0 radical (unpaired) electrons. The molecule has 0 amide bonds. The van der Waals surface area contributed by atoms with Crippen molar-refractivity contribution in [3.8, 4) is 0 Å². The second-order valence-corrected chi connectivity index (χ2v) is 20.3. The molecule has 0 unspecified atom stereocenters. The normalized spacial score (nSPS) is 10.7. The van der Waals surface area contributed by atoms with E-state index in [4.69, 9.17) is 0 Å². The lowest BCUT2D eigenvalue weighted by atomic mass is 10.3. The Morgan fingerprint density at radius 2 is 0.867 bits per heavy atom. The summed E-state index contributed by atoms with van der Waals surface area (Å²) in [4.78, 5) is 46.7. The van der Waals surface area contributed by atoms with Gasteiger partial charge in [0.05, 0.1) is 53.2 Å². The Bertz CT molecular complexity index is 4330. The van der Waals surface area contributed by atoms with Crippen LogP contribution in [0.4, 0.5) is 0 Å². The lowest BCUT2D eigenvalue weighted by Gasteiger charge is -1.90. The molecule has 0 aliphatic carbocycles. The maximum atomic E-state index is 4.06. The van der Waals surface area contributed by atoms with Gasteiger partial charge in [-0.1, -0.05) is 18.2 Å². The molecule has 0 bridgehead atoms. The maximum absolute atomic E-state index is 4.06. The summed E-state index contributed by atoms with van der Waals surface area (Å²) in [5.41, 5.74) is 12.0. The number of hydrogen-bond donors (Lipinski definition) is 1. The van der Waals surface area contributed by atoms with Crippen LogP contribution in [0.25, 0.3) is 61.6 Å². The lowest BCUT2D eigenvalue weighted by Crippen LogP contribution is -1.86. The van der Waals surface area contributed by atoms with E-state index in [2.05, 4.69) is 118 Å². The molecule has 0 saturated heterocycles. The van der Waals surface area contributed by atoms with Gasteiger partial charge in [-0.2, -0.15) is 25.5 Å². The SMILES string of the molecule is c1cc2n(c1)CCC2.c1cc2nc[nH]c2cn1.c1cc2nccn2cn1.c1ccn2cnnc2c1.c1ccn2nccc2c1.c1ccn2ncnc2c1.c1cn2ccnc2cn1.c1cn2ccnc2cn1.c1cnc2ccnn2c1.c1cnn2cccc2c1.c1cnn2ccnc2c1. The standard InChI is InChI=1S/2C7H6N2.C7H9N.8C6H5N3/c1-3-7-4-2-6-9(7)8-5-1;1-2-6-9-7(3-1)4-5-8-9;1-3-7-4-2-6-8(7)5-1;2*1-3-9-4-2-8-6(9)5-7-1;1-3-7-6-2-4-8-9(6)5-1;1-2-7-3-6-5(1)8-4-9-6;1-2-7-5-9-4-3-8-6(1)9;1-2-6-7-4-5-9(6)8-3-1;1-2-4-9-5-7-8-6(9)3-1;1-2-4-9-6(3-1)7-5-8-9/h2*1-6H;1,3,5H,2,4,6H2;3*1-5H;1-4H,(H,8,9);4*1-5H. The molecule has 0 atom stereocenters. The van der Waals surface area contributed by atoms with Crippen molar-refractivity contribution in [3.63, 3.8) is 0 Å². The van der Waals surface area contributed by atoms with Gasteiger partial charge in [0.15, 0.2) is 33.9 Å². The van der Waals surface area contributed by atoms with E-state index in [1.54, 1.807) is 132 Å². The zero-order chi connectivity index (χ0) is 66.4. The number of hydrogen-bond acceptors (Lipinski definition) is 18. The van der Waals surface area contributed by atoms with E-state index in [9.17, 15) is 0 Å². The monoisotopic (exact) mass is 1300 g/mol. The van der Waals surface area contributed by atoms with E-state index in [0.29, 0.717) is 0 Å². The average Bonchev–Trinajstić information content (AvgIpc) is 3.52. The first kappa shape index (κ1) is 63.8. The minimum absolute atomic E-state index is 0.887. The number of aromatic nitrogens is 29. The van der Waals surface area contributed by atoms with Crippen molar-refractivity contribution in [2.75, 3.05) is 0 Å². The van der Waals surface area contributed by atoms with E-state index in [1.807, 2.05) is 216 Å². The molecule has 0 saturated carbocycles. The van der Waals surface area contributed by atoms with Gasteiger partial charge in [0, 0.05) is 167 Å². The minimum atomic E-state index is 0.887. The van der Waals surface area contributed by atoms with E-state index < -0.39 is 0 Å². The number of fused-ring (bicyclic) bond motifs is 11. The molecule has 0 aromatic carbocycles. The fourth-order valence-corrected chi connectivity index (χ4v) is 9.23. The number of nitrogens with one attached hydrogen (secondary N) is 1. The number of rotatable bonds is 0. The van der Waals surface area contributed by atoms with Crippen molar-refractivity contribution in [2.45, 2.75) is 19.4 Å². The van der Waals surface area contributed by atoms with Crippen molar-refractivity contribution in [3.05, 3.63) is 338 Å². The van der Waals surface area contributed by atoms with Gasteiger partial charge in [-0.25, -0.2) is 62.4 Å². The molecule has 21 aromatic heterocycles. The van der Waals surface area contributed by atoms with Gasteiger partial charge in [0.25, 0.3) is 0 Å². The summed E-state index contributed by atoms with van der Waals surface area (Å²) in [6.07, 6.45) is 59.9. The van der Waals surface area contributed by atoms with Gasteiger partial charge in [0.2, 0.25) is 0 Å². The number of aryl methyl sites for hydroxylation is 2. The van der Waals surface area contributed by atoms with Gasteiger partial charge in [-0.3, -0.25) is 23.8 Å². The number of nitrogens with zero attached hydrogens (tertiary/aromatic N) is 28.